The average molecular weight is 194 g/mol. The first-order valence-electron chi connectivity index (χ1n) is 3.20. The summed E-state index contributed by atoms with van der Waals surface area (Å²) in [5.41, 5.74) is 0.773. The van der Waals surface area contributed by atoms with Crippen LogP contribution in [0, 0.1) is 12.3 Å². The van der Waals surface area contributed by atoms with Crippen LogP contribution >= 0.6 is 24.4 Å². The molecular formula is C9H6OS2. The van der Waals surface area contributed by atoms with E-state index >= 15 is 0 Å². The Kier molecular flexibility index (Phi) is 3.27. The highest BCUT2D eigenvalue weighted by Gasteiger charge is 1.98. The van der Waals surface area contributed by atoms with Gasteiger partial charge in [-0.1, -0.05) is 24.6 Å². The topological polar surface area (TPSA) is 17.1 Å². The lowest BCUT2D eigenvalue weighted by Crippen LogP contribution is -1.77. The number of terminal acetylenes is 1. The van der Waals surface area contributed by atoms with Gasteiger partial charge in [-0.2, -0.15) is 0 Å². The van der Waals surface area contributed by atoms with E-state index in [0.29, 0.717) is 0 Å². The van der Waals surface area contributed by atoms with E-state index in [-0.39, 0.29) is 4.45 Å². The number of hydrogen-bond acceptors (Lipinski definition) is 2. The second-order valence-electron chi connectivity index (χ2n) is 2.04. The van der Waals surface area contributed by atoms with Gasteiger partial charge >= 0.3 is 0 Å². The Morgan fingerprint density at radius 1 is 1.58 bits per heavy atom. The van der Waals surface area contributed by atoms with Gasteiger partial charge in [0.05, 0.1) is 0 Å². The van der Waals surface area contributed by atoms with Crippen molar-refractivity contribution < 1.29 is 4.79 Å². The van der Waals surface area contributed by atoms with Crippen LogP contribution in [-0.4, -0.2) is 4.45 Å². The van der Waals surface area contributed by atoms with E-state index < -0.39 is 0 Å². The molecule has 0 bridgehead atoms. The summed E-state index contributed by atoms with van der Waals surface area (Å²) in [6.45, 7) is 0. The molecule has 0 saturated heterocycles. The van der Waals surface area contributed by atoms with E-state index in [1.807, 2.05) is 18.2 Å². The van der Waals surface area contributed by atoms with Gasteiger partial charge in [-0.05, 0) is 30.0 Å². The fraction of sp³-hybridized carbons (Fsp3) is 0. The van der Waals surface area contributed by atoms with E-state index in [2.05, 4.69) is 18.5 Å². The highest BCUT2D eigenvalue weighted by molar-refractivity contribution is 8.32. The molecule has 0 fully saturated rings. The Hall–Kier alpha value is -0.850. The summed E-state index contributed by atoms with van der Waals surface area (Å²) >= 11 is 4.70. The number of hydrogen-bond donors (Lipinski definition) is 1. The first-order valence-corrected chi connectivity index (χ1v) is 4.46. The second-order valence-corrected chi connectivity index (χ2v) is 3.80. The van der Waals surface area contributed by atoms with Gasteiger partial charge < -0.3 is 0 Å². The highest BCUT2D eigenvalue weighted by atomic mass is 32.2. The third-order valence-corrected chi connectivity index (χ3v) is 2.14. The molecule has 0 aliphatic rings. The molecule has 0 amide bonds. The summed E-state index contributed by atoms with van der Waals surface area (Å²) in [6, 6.07) is 7.22. The third kappa shape index (κ3) is 2.65. The minimum absolute atomic E-state index is 0.232. The van der Waals surface area contributed by atoms with E-state index in [1.54, 1.807) is 6.07 Å². The fourth-order valence-corrected chi connectivity index (χ4v) is 1.60. The Labute approximate surface area is 81.0 Å². The minimum atomic E-state index is -0.232. The number of thioether (sulfide) groups is 1. The fourth-order valence-electron chi connectivity index (χ4n) is 0.750. The zero-order valence-electron chi connectivity index (χ0n) is 6.15. The molecule has 60 valence electrons. The molecule has 0 heterocycles. The molecule has 3 heteroatoms. The predicted molar refractivity (Wildman–Crippen MR) is 54.6 cm³/mol. The summed E-state index contributed by atoms with van der Waals surface area (Å²) in [6.07, 6.45) is 5.19. The molecule has 0 aliphatic carbocycles. The van der Waals surface area contributed by atoms with Crippen LogP contribution in [0.5, 0.6) is 0 Å². The number of rotatable bonds is 1. The molecule has 0 atom stereocenters. The van der Waals surface area contributed by atoms with Crippen molar-refractivity contribution in [3.63, 3.8) is 0 Å². The lowest BCUT2D eigenvalue weighted by Gasteiger charge is -1.96. The maximum absolute atomic E-state index is 10.6. The van der Waals surface area contributed by atoms with Crippen LogP contribution in [0.2, 0.25) is 0 Å². The number of carbonyl (C=O) groups excluding carboxylic acids is 1. The van der Waals surface area contributed by atoms with Gasteiger partial charge in [-0.3, -0.25) is 4.79 Å². The maximum Gasteiger partial charge on any atom is 0.247 e. The summed E-state index contributed by atoms with van der Waals surface area (Å²) in [5, 5.41) is 0. The van der Waals surface area contributed by atoms with Crippen molar-refractivity contribution in [1.29, 1.82) is 0 Å². The van der Waals surface area contributed by atoms with Gasteiger partial charge in [0.15, 0.2) is 0 Å². The van der Waals surface area contributed by atoms with E-state index in [0.717, 1.165) is 22.2 Å². The monoisotopic (exact) mass is 194 g/mol. The van der Waals surface area contributed by atoms with E-state index in [9.17, 15) is 4.79 Å². The van der Waals surface area contributed by atoms with Gasteiger partial charge in [0.25, 0.3) is 0 Å². The Balaban J connectivity index is 2.88. The van der Waals surface area contributed by atoms with Crippen LogP contribution in [-0.2, 0) is 0 Å². The normalized spacial score (nSPS) is 9.00. The van der Waals surface area contributed by atoms with Crippen LogP contribution in [0.25, 0.3) is 0 Å². The zero-order valence-corrected chi connectivity index (χ0v) is 7.86. The SMILES string of the molecule is C#Cc1cccc(SC(=O)S)c1. The quantitative estimate of drug-likeness (QED) is 0.420. The van der Waals surface area contributed by atoms with Crippen molar-refractivity contribution in [2.75, 3.05) is 0 Å². The van der Waals surface area contributed by atoms with Crippen molar-refractivity contribution >= 4 is 28.8 Å². The molecule has 12 heavy (non-hydrogen) atoms. The Morgan fingerprint density at radius 3 is 2.92 bits per heavy atom. The van der Waals surface area contributed by atoms with Crippen LogP contribution in [0.15, 0.2) is 29.2 Å². The molecule has 0 unspecified atom stereocenters. The van der Waals surface area contributed by atoms with Crippen LogP contribution in [0.1, 0.15) is 5.56 Å². The molecule has 0 aromatic heterocycles. The lowest BCUT2D eigenvalue weighted by atomic mass is 10.2. The van der Waals surface area contributed by atoms with Gasteiger partial charge in [0.1, 0.15) is 0 Å². The molecular weight excluding hydrogens is 188 g/mol. The summed E-state index contributed by atoms with van der Waals surface area (Å²) in [4.78, 5) is 11.4. The number of thiol groups is 1. The molecule has 0 radical (unpaired) electrons. The van der Waals surface area contributed by atoms with Crippen LogP contribution in [0.3, 0.4) is 0 Å². The van der Waals surface area contributed by atoms with E-state index in [1.165, 1.54) is 0 Å². The molecule has 0 saturated carbocycles. The summed E-state index contributed by atoms with van der Waals surface area (Å²) < 4.78 is -0.232. The van der Waals surface area contributed by atoms with Crippen molar-refractivity contribution in [2.24, 2.45) is 0 Å². The molecule has 0 aliphatic heterocycles. The van der Waals surface area contributed by atoms with E-state index in [4.69, 9.17) is 6.42 Å². The standard InChI is InChI=1S/C9H6OS2/c1-2-7-4-3-5-8(6-7)12-9(10)11/h1,3-6H,(H,10,11). The van der Waals surface area contributed by atoms with Crippen LogP contribution in [0.4, 0.5) is 4.79 Å². The molecule has 0 N–H and O–H groups in total. The van der Waals surface area contributed by atoms with Crippen molar-refractivity contribution in [3.8, 4) is 12.3 Å². The first kappa shape index (κ1) is 9.24. The molecule has 1 aromatic carbocycles. The highest BCUT2D eigenvalue weighted by Crippen LogP contribution is 2.21. The van der Waals surface area contributed by atoms with Gasteiger partial charge in [0, 0.05) is 10.5 Å². The molecule has 0 spiro atoms. The second kappa shape index (κ2) is 4.24. The van der Waals surface area contributed by atoms with Gasteiger partial charge in [0.2, 0.25) is 4.45 Å². The number of benzene rings is 1. The van der Waals surface area contributed by atoms with Crippen molar-refractivity contribution in [1.82, 2.24) is 0 Å². The smallest absolute Gasteiger partial charge is 0.247 e. The average Bonchev–Trinajstić information content (AvgIpc) is 2.03. The minimum Gasteiger partial charge on any atom is -0.274 e. The van der Waals surface area contributed by atoms with Gasteiger partial charge in [-0.25, -0.2) is 0 Å². The molecule has 1 nitrogen and oxygen atoms in total. The largest absolute Gasteiger partial charge is 0.274 e. The predicted octanol–water partition coefficient (Wildman–Crippen LogP) is 2.81. The summed E-state index contributed by atoms with van der Waals surface area (Å²) in [7, 11) is 0. The lowest BCUT2D eigenvalue weighted by molar-refractivity contribution is 0.277. The first-order chi connectivity index (χ1) is 5.72. The Bertz CT molecular complexity index is 339. The number of carbonyl (C=O) groups is 1. The maximum atomic E-state index is 10.6. The summed E-state index contributed by atoms with van der Waals surface area (Å²) in [5.74, 6) is 2.49. The molecule has 1 rings (SSSR count). The Morgan fingerprint density at radius 2 is 2.33 bits per heavy atom. The van der Waals surface area contributed by atoms with Crippen LogP contribution < -0.4 is 0 Å². The zero-order chi connectivity index (χ0) is 8.97. The van der Waals surface area contributed by atoms with Gasteiger partial charge in [-0.15, -0.1) is 6.42 Å². The van der Waals surface area contributed by atoms with Crippen molar-refractivity contribution in [2.45, 2.75) is 4.90 Å². The third-order valence-electron chi connectivity index (χ3n) is 1.21. The van der Waals surface area contributed by atoms with Crippen molar-refractivity contribution in [3.05, 3.63) is 29.8 Å². The molecule has 1 aromatic rings.